The number of nitrogens with zero attached hydrogens (tertiary/aromatic N) is 3. The van der Waals surface area contributed by atoms with E-state index >= 15 is 0 Å². The smallest absolute Gasteiger partial charge is 0.264 e. The molecule has 0 saturated heterocycles. The first-order valence-corrected chi connectivity index (χ1v) is 7.37. The fourth-order valence-electron chi connectivity index (χ4n) is 1.09. The van der Waals surface area contributed by atoms with Crippen LogP contribution in [0.15, 0.2) is 21.5 Å². The Bertz CT molecular complexity index is 675. The molecular weight excluding hydrogens is 349 g/mol. The second-order valence-electron chi connectivity index (χ2n) is 3.08. The largest absolute Gasteiger partial charge is 0.396 e. The number of rotatable bonds is 3. The van der Waals surface area contributed by atoms with Crippen LogP contribution in [0.25, 0.3) is 0 Å². The van der Waals surface area contributed by atoms with Crippen molar-refractivity contribution in [1.82, 2.24) is 14.8 Å². The summed E-state index contributed by atoms with van der Waals surface area (Å²) in [6.45, 7) is 0. The third kappa shape index (κ3) is 2.57. The topological polar surface area (TPSA) is 111 Å². The number of nitrogens with one attached hydrogen (secondary N) is 1. The van der Waals surface area contributed by atoms with Crippen LogP contribution in [0.1, 0.15) is 0 Å². The summed E-state index contributed by atoms with van der Waals surface area (Å²) in [6.07, 6.45) is 0. The van der Waals surface area contributed by atoms with Crippen LogP contribution in [-0.4, -0.2) is 23.2 Å². The first-order chi connectivity index (χ1) is 8.40. The summed E-state index contributed by atoms with van der Waals surface area (Å²) >= 11 is 3.73. The van der Waals surface area contributed by atoms with Crippen molar-refractivity contribution in [2.75, 3.05) is 10.5 Å². The average molecular weight is 354 g/mol. The van der Waals surface area contributed by atoms with Crippen LogP contribution in [0.3, 0.4) is 0 Å². The SMILES string of the molecule is Nc1cc(S(=O)(=O)Nc2nnns2)c(Br)cc1F. The van der Waals surface area contributed by atoms with Crippen molar-refractivity contribution < 1.29 is 12.8 Å². The molecular formula is C7H5BrFN5O2S2. The summed E-state index contributed by atoms with van der Waals surface area (Å²) in [5, 5.41) is 6.70. The normalized spacial score (nSPS) is 11.4. The first-order valence-electron chi connectivity index (χ1n) is 4.32. The van der Waals surface area contributed by atoms with E-state index in [0.717, 1.165) is 23.7 Å². The lowest BCUT2D eigenvalue weighted by atomic mass is 10.3. The zero-order valence-corrected chi connectivity index (χ0v) is 11.7. The van der Waals surface area contributed by atoms with Gasteiger partial charge in [0.05, 0.1) is 5.69 Å². The number of nitrogen functional groups attached to an aromatic ring is 1. The lowest BCUT2D eigenvalue weighted by Crippen LogP contribution is -2.14. The predicted molar refractivity (Wildman–Crippen MR) is 67.0 cm³/mol. The minimum Gasteiger partial charge on any atom is -0.396 e. The number of nitrogens with two attached hydrogens (primary N) is 1. The van der Waals surface area contributed by atoms with Crippen LogP contribution in [0.4, 0.5) is 15.2 Å². The van der Waals surface area contributed by atoms with Gasteiger partial charge in [-0.15, -0.1) is 0 Å². The molecule has 1 heterocycles. The maximum atomic E-state index is 13.1. The number of sulfonamides is 1. The van der Waals surface area contributed by atoms with Gasteiger partial charge in [-0.2, -0.15) is 0 Å². The molecule has 0 unspecified atom stereocenters. The van der Waals surface area contributed by atoms with Crippen LogP contribution in [-0.2, 0) is 10.0 Å². The zero-order chi connectivity index (χ0) is 13.3. The van der Waals surface area contributed by atoms with Gasteiger partial charge in [-0.05, 0) is 33.3 Å². The van der Waals surface area contributed by atoms with E-state index in [0.29, 0.717) is 0 Å². The van der Waals surface area contributed by atoms with E-state index in [1.165, 1.54) is 0 Å². The predicted octanol–water partition coefficient (Wildman–Crippen LogP) is 1.22. The Kier molecular flexibility index (Phi) is 3.45. The molecule has 0 atom stereocenters. The van der Waals surface area contributed by atoms with Crippen molar-refractivity contribution in [1.29, 1.82) is 0 Å². The molecule has 0 fully saturated rings. The number of aromatic nitrogens is 3. The Balaban J connectivity index is 2.44. The minimum atomic E-state index is -3.93. The lowest BCUT2D eigenvalue weighted by molar-refractivity contribution is 0.599. The summed E-state index contributed by atoms with van der Waals surface area (Å²) in [6, 6.07) is 1.98. The van der Waals surface area contributed by atoms with Crippen molar-refractivity contribution in [2.45, 2.75) is 4.90 Å². The highest BCUT2D eigenvalue weighted by Crippen LogP contribution is 2.28. The van der Waals surface area contributed by atoms with Crippen LogP contribution in [0.5, 0.6) is 0 Å². The van der Waals surface area contributed by atoms with Crippen LogP contribution < -0.4 is 10.5 Å². The van der Waals surface area contributed by atoms with Gasteiger partial charge in [-0.3, -0.25) is 4.72 Å². The fraction of sp³-hybridized carbons (Fsp3) is 0. The van der Waals surface area contributed by atoms with Crippen molar-refractivity contribution in [2.24, 2.45) is 0 Å². The molecule has 0 saturated carbocycles. The molecule has 7 nitrogen and oxygen atoms in total. The number of halogens is 2. The number of hydrogen-bond acceptors (Lipinski definition) is 7. The molecule has 0 aliphatic rings. The monoisotopic (exact) mass is 353 g/mol. The van der Waals surface area contributed by atoms with Crippen LogP contribution in [0, 0.1) is 5.82 Å². The molecule has 0 radical (unpaired) electrons. The summed E-state index contributed by atoms with van der Waals surface area (Å²) in [5.41, 5.74) is 5.06. The fourth-order valence-corrected chi connectivity index (χ4v) is 3.73. The van der Waals surface area contributed by atoms with E-state index < -0.39 is 15.8 Å². The molecule has 0 aliphatic carbocycles. The van der Waals surface area contributed by atoms with E-state index in [2.05, 4.69) is 35.5 Å². The van der Waals surface area contributed by atoms with E-state index in [4.69, 9.17) is 5.73 Å². The minimum absolute atomic E-state index is 0.00444. The maximum absolute atomic E-state index is 13.1. The third-order valence-electron chi connectivity index (χ3n) is 1.86. The summed E-state index contributed by atoms with van der Waals surface area (Å²) < 4.78 is 42.7. The Morgan fingerprint density at radius 3 is 2.78 bits per heavy atom. The molecule has 0 bridgehead atoms. The highest BCUT2D eigenvalue weighted by Gasteiger charge is 2.21. The maximum Gasteiger partial charge on any atom is 0.264 e. The molecule has 3 N–H and O–H groups in total. The molecule has 1 aromatic carbocycles. The van der Waals surface area contributed by atoms with Gasteiger partial charge in [0.25, 0.3) is 10.0 Å². The van der Waals surface area contributed by atoms with Gasteiger partial charge in [-0.25, -0.2) is 12.8 Å². The Hall–Kier alpha value is -1.33. The summed E-state index contributed by atoms with van der Waals surface area (Å²) in [7, 11) is -3.93. The van der Waals surface area contributed by atoms with E-state index in [-0.39, 0.29) is 20.2 Å². The van der Waals surface area contributed by atoms with Crippen molar-refractivity contribution in [3.05, 3.63) is 22.4 Å². The number of anilines is 2. The van der Waals surface area contributed by atoms with Gasteiger partial charge in [-0.1, -0.05) is 9.59 Å². The Morgan fingerprint density at radius 2 is 2.17 bits per heavy atom. The van der Waals surface area contributed by atoms with Gasteiger partial charge < -0.3 is 5.73 Å². The summed E-state index contributed by atoms with van der Waals surface area (Å²) in [4.78, 5) is -0.198. The lowest BCUT2D eigenvalue weighted by Gasteiger charge is -2.08. The molecule has 2 rings (SSSR count). The Morgan fingerprint density at radius 1 is 1.44 bits per heavy atom. The molecule has 0 spiro atoms. The van der Waals surface area contributed by atoms with Gasteiger partial charge in [0.1, 0.15) is 10.7 Å². The van der Waals surface area contributed by atoms with E-state index in [1.54, 1.807) is 0 Å². The van der Waals surface area contributed by atoms with E-state index in [9.17, 15) is 12.8 Å². The highest BCUT2D eigenvalue weighted by atomic mass is 79.9. The molecule has 1 aromatic heterocycles. The van der Waals surface area contributed by atoms with Crippen LogP contribution in [0.2, 0.25) is 0 Å². The summed E-state index contributed by atoms with van der Waals surface area (Å²) in [5.74, 6) is -0.710. The van der Waals surface area contributed by atoms with Gasteiger partial charge >= 0.3 is 0 Å². The van der Waals surface area contributed by atoms with Crippen LogP contribution >= 0.6 is 27.5 Å². The second kappa shape index (κ2) is 4.74. The quantitative estimate of drug-likeness (QED) is 0.802. The Labute approximate surface area is 114 Å². The van der Waals surface area contributed by atoms with Gasteiger partial charge in [0, 0.05) is 16.0 Å². The van der Waals surface area contributed by atoms with Crippen molar-refractivity contribution in [3.63, 3.8) is 0 Å². The van der Waals surface area contributed by atoms with Gasteiger partial charge in [0.15, 0.2) is 0 Å². The average Bonchev–Trinajstić information content (AvgIpc) is 2.75. The molecule has 2 aromatic rings. The van der Waals surface area contributed by atoms with Gasteiger partial charge in [0.2, 0.25) is 5.13 Å². The molecule has 0 amide bonds. The van der Waals surface area contributed by atoms with E-state index in [1.807, 2.05) is 0 Å². The highest BCUT2D eigenvalue weighted by molar-refractivity contribution is 9.10. The molecule has 96 valence electrons. The zero-order valence-electron chi connectivity index (χ0n) is 8.46. The number of benzene rings is 1. The standard InChI is InChI=1S/C7H5BrFN5O2S2/c8-3-1-4(9)5(10)2-6(3)18(15,16)12-7-11-13-14-17-7/h1-2H,10H2,(H,11,12,14). The molecule has 18 heavy (non-hydrogen) atoms. The number of hydrogen-bond donors (Lipinski definition) is 2. The first kappa shape index (κ1) is 13.1. The molecule has 11 heteroatoms. The second-order valence-corrected chi connectivity index (χ2v) is 6.31. The van der Waals surface area contributed by atoms with Crippen molar-refractivity contribution >= 4 is 48.3 Å². The molecule has 0 aliphatic heterocycles. The third-order valence-corrected chi connectivity index (χ3v) is 4.80. The van der Waals surface area contributed by atoms with Crippen molar-refractivity contribution in [3.8, 4) is 0 Å².